The molecule has 2 saturated heterocycles. The maximum absolute atomic E-state index is 12.9. The van der Waals surface area contributed by atoms with Crippen molar-refractivity contribution in [1.29, 1.82) is 0 Å². The van der Waals surface area contributed by atoms with Crippen molar-refractivity contribution in [2.45, 2.75) is 70.1 Å². The van der Waals surface area contributed by atoms with E-state index in [9.17, 15) is 9.59 Å². The summed E-state index contributed by atoms with van der Waals surface area (Å²) in [6, 6.07) is 0. The van der Waals surface area contributed by atoms with E-state index in [0.29, 0.717) is 12.5 Å². The molecule has 1 aliphatic carbocycles. The van der Waals surface area contributed by atoms with Gasteiger partial charge in [-0.05, 0) is 58.8 Å². The monoisotopic (exact) mass is 294 g/mol. The second kappa shape index (κ2) is 4.97. The maximum atomic E-state index is 12.9. The smallest absolute Gasteiger partial charge is 0.248 e. The molecule has 0 radical (unpaired) electrons. The van der Waals surface area contributed by atoms with Crippen LogP contribution in [0.5, 0.6) is 0 Å². The fourth-order valence-electron chi connectivity index (χ4n) is 3.61. The Kier molecular flexibility index (Phi) is 3.51. The predicted octanol–water partition coefficient (Wildman–Crippen LogP) is 1.46. The van der Waals surface area contributed by atoms with Gasteiger partial charge in [-0.1, -0.05) is 0 Å². The second-order valence-electron chi connectivity index (χ2n) is 7.41. The van der Waals surface area contributed by atoms with Crippen molar-refractivity contribution in [2.24, 2.45) is 5.92 Å². The molecule has 3 aliphatic rings. The van der Waals surface area contributed by atoms with E-state index in [1.165, 1.54) is 0 Å². The molecule has 21 heavy (non-hydrogen) atoms. The van der Waals surface area contributed by atoms with E-state index in [0.717, 1.165) is 38.7 Å². The zero-order valence-corrected chi connectivity index (χ0v) is 13.3. The van der Waals surface area contributed by atoms with E-state index < -0.39 is 11.1 Å². The largest absolute Gasteiger partial charge is 0.376 e. The lowest BCUT2D eigenvalue weighted by Gasteiger charge is -2.50. The highest BCUT2D eigenvalue weighted by Crippen LogP contribution is 2.46. The number of piperazine rings is 1. The first-order valence-corrected chi connectivity index (χ1v) is 8.12. The molecule has 1 saturated carbocycles. The number of nitrogens with one attached hydrogen (secondary N) is 1. The Morgan fingerprint density at radius 2 is 1.90 bits per heavy atom. The van der Waals surface area contributed by atoms with Crippen LogP contribution in [0.15, 0.2) is 0 Å². The van der Waals surface area contributed by atoms with E-state index in [4.69, 9.17) is 4.74 Å². The summed E-state index contributed by atoms with van der Waals surface area (Å²) in [4.78, 5) is 27.4. The third-order valence-corrected chi connectivity index (χ3v) is 5.26. The van der Waals surface area contributed by atoms with Crippen LogP contribution in [-0.2, 0) is 14.3 Å². The zero-order valence-electron chi connectivity index (χ0n) is 13.3. The van der Waals surface area contributed by atoms with E-state index >= 15 is 0 Å². The first-order valence-electron chi connectivity index (χ1n) is 8.12. The minimum absolute atomic E-state index is 0.00888. The predicted molar refractivity (Wildman–Crippen MR) is 78.7 cm³/mol. The third kappa shape index (κ3) is 2.45. The lowest BCUT2D eigenvalue weighted by Crippen LogP contribution is -2.74. The van der Waals surface area contributed by atoms with Crippen LogP contribution >= 0.6 is 0 Å². The lowest BCUT2D eigenvalue weighted by molar-refractivity contribution is -0.165. The molecule has 3 fully saturated rings. The number of hydrogen-bond donors (Lipinski definition) is 1. The molecule has 2 amide bonds. The molecule has 5 heteroatoms. The van der Waals surface area contributed by atoms with Crippen molar-refractivity contribution in [1.82, 2.24) is 10.2 Å². The van der Waals surface area contributed by atoms with Gasteiger partial charge >= 0.3 is 0 Å². The Morgan fingerprint density at radius 3 is 2.48 bits per heavy atom. The van der Waals surface area contributed by atoms with Crippen LogP contribution in [0.3, 0.4) is 0 Å². The first kappa shape index (κ1) is 14.8. The second-order valence-corrected chi connectivity index (χ2v) is 7.41. The molecule has 2 unspecified atom stereocenters. The van der Waals surface area contributed by atoms with Gasteiger partial charge in [0.2, 0.25) is 11.8 Å². The summed E-state index contributed by atoms with van der Waals surface area (Å²) in [6.45, 7) is 6.81. The maximum Gasteiger partial charge on any atom is 0.248 e. The van der Waals surface area contributed by atoms with Gasteiger partial charge in [0.25, 0.3) is 0 Å². The number of carbonyl (C=O) groups excluding carboxylic acids is 2. The van der Waals surface area contributed by atoms with Gasteiger partial charge in [0, 0.05) is 13.2 Å². The van der Waals surface area contributed by atoms with Gasteiger partial charge in [-0.2, -0.15) is 0 Å². The van der Waals surface area contributed by atoms with Crippen LogP contribution in [0.2, 0.25) is 0 Å². The van der Waals surface area contributed by atoms with Crippen molar-refractivity contribution in [3.63, 3.8) is 0 Å². The quantitative estimate of drug-likeness (QED) is 0.857. The minimum Gasteiger partial charge on any atom is -0.376 e. The van der Waals surface area contributed by atoms with Crippen molar-refractivity contribution in [3.05, 3.63) is 0 Å². The summed E-state index contributed by atoms with van der Waals surface area (Å²) in [5, 5.41) is 2.91. The molecule has 2 aliphatic heterocycles. The Morgan fingerprint density at radius 1 is 1.19 bits per heavy atom. The van der Waals surface area contributed by atoms with Crippen LogP contribution in [0.25, 0.3) is 0 Å². The van der Waals surface area contributed by atoms with Gasteiger partial charge in [0.05, 0.1) is 6.10 Å². The summed E-state index contributed by atoms with van der Waals surface area (Å²) >= 11 is 0. The van der Waals surface area contributed by atoms with Crippen molar-refractivity contribution < 1.29 is 14.3 Å². The molecule has 2 heterocycles. The standard InChI is InChI=1S/C16H26N2O3/c1-15(2)14(20)18(10-12-6-4-5-9-21-12)16(3,11-7-8-11)13(19)17-15/h11-12H,4-10H2,1-3H3,(H,17,19). The van der Waals surface area contributed by atoms with Gasteiger partial charge < -0.3 is 15.0 Å². The molecule has 0 aromatic heterocycles. The summed E-state index contributed by atoms with van der Waals surface area (Å²) in [7, 11) is 0. The zero-order chi connectivity index (χ0) is 15.3. The molecule has 0 bridgehead atoms. The van der Waals surface area contributed by atoms with Crippen LogP contribution in [0.1, 0.15) is 52.9 Å². The van der Waals surface area contributed by atoms with Crippen LogP contribution < -0.4 is 5.32 Å². The molecule has 0 spiro atoms. The van der Waals surface area contributed by atoms with Gasteiger partial charge in [-0.3, -0.25) is 9.59 Å². The highest BCUT2D eigenvalue weighted by Gasteiger charge is 2.59. The fraction of sp³-hybridized carbons (Fsp3) is 0.875. The van der Waals surface area contributed by atoms with Gasteiger partial charge in [0.1, 0.15) is 11.1 Å². The van der Waals surface area contributed by atoms with Crippen LogP contribution in [0.4, 0.5) is 0 Å². The molecular formula is C16H26N2O3. The number of nitrogens with zero attached hydrogens (tertiary/aromatic N) is 1. The summed E-state index contributed by atoms with van der Waals surface area (Å²) in [5.41, 5.74) is -1.52. The lowest BCUT2D eigenvalue weighted by atomic mass is 9.84. The topological polar surface area (TPSA) is 58.6 Å². The number of ether oxygens (including phenoxy) is 1. The summed E-state index contributed by atoms with van der Waals surface area (Å²) in [6.07, 6.45) is 5.34. The molecule has 0 aromatic carbocycles. The third-order valence-electron chi connectivity index (χ3n) is 5.26. The Labute approximate surface area is 126 Å². The average molecular weight is 294 g/mol. The van der Waals surface area contributed by atoms with E-state index in [2.05, 4.69) is 5.32 Å². The molecule has 0 aromatic rings. The molecule has 118 valence electrons. The number of amides is 2. The van der Waals surface area contributed by atoms with Crippen molar-refractivity contribution in [2.75, 3.05) is 13.2 Å². The van der Waals surface area contributed by atoms with Gasteiger partial charge in [-0.15, -0.1) is 0 Å². The summed E-state index contributed by atoms with van der Waals surface area (Å²) in [5.74, 6) is 0.303. The van der Waals surface area contributed by atoms with E-state index in [1.54, 1.807) is 13.8 Å². The average Bonchev–Trinajstić information content (AvgIpc) is 3.27. The van der Waals surface area contributed by atoms with E-state index in [1.807, 2.05) is 11.8 Å². The molecular weight excluding hydrogens is 268 g/mol. The fourth-order valence-corrected chi connectivity index (χ4v) is 3.61. The number of rotatable bonds is 3. The van der Waals surface area contributed by atoms with Crippen molar-refractivity contribution in [3.8, 4) is 0 Å². The Bertz CT molecular complexity index is 452. The van der Waals surface area contributed by atoms with Crippen LogP contribution in [0, 0.1) is 5.92 Å². The Hall–Kier alpha value is -1.10. The number of hydrogen-bond acceptors (Lipinski definition) is 3. The summed E-state index contributed by atoms with van der Waals surface area (Å²) < 4.78 is 5.80. The van der Waals surface area contributed by atoms with E-state index in [-0.39, 0.29) is 17.9 Å². The Balaban J connectivity index is 1.86. The van der Waals surface area contributed by atoms with Crippen molar-refractivity contribution >= 4 is 11.8 Å². The normalized spacial score (nSPS) is 36.5. The first-order chi connectivity index (χ1) is 9.85. The highest BCUT2D eigenvalue weighted by molar-refractivity contribution is 6.02. The van der Waals surface area contributed by atoms with Gasteiger partial charge in [-0.25, -0.2) is 0 Å². The highest BCUT2D eigenvalue weighted by atomic mass is 16.5. The number of carbonyl (C=O) groups is 2. The molecule has 1 N–H and O–H groups in total. The molecule has 5 nitrogen and oxygen atoms in total. The molecule has 2 atom stereocenters. The molecule has 3 rings (SSSR count). The minimum atomic E-state index is -0.819. The SMILES string of the molecule is CC1(C)NC(=O)C(C)(C2CC2)N(CC2CCCCO2)C1=O. The van der Waals surface area contributed by atoms with Crippen LogP contribution in [-0.4, -0.2) is 47.0 Å². The van der Waals surface area contributed by atoms with Gasteiger partial charge in [0.15, 0.2) is 0 Å².